The molecule has 0 spiro atoms. The Morgan fingerprint density at radius 3 is 2.75 bits per heavy atom. The van der Waals surface area contributed by atoms with Gasteiger partial charge in [-0.2, -0.15) is 5.10 Å². The summed E-state index contributed by atoms with van der Waals surface area (Å²) >= 11 is 1.58. The molecule has 1 saturated carbocycles. The first-order chi connectivity index (χ1) is 9.59. The topological polar surface area (TPSA) is 88.3 Å². The molecule has 3 rings (SSSR count). The van der Waals surface area contributed by atoms with Gasteiger partial charge in [-0.15, -0.1) is 11.8 Å². The largest absolute Gasteiger partial charge is 0.480 e. The summed E-state index contributed by atoms with van der Waals surface area (Å²) in [7, 11) is 0. The van der Waals surface area contributed by atoms with Crippen molar-refractivity contribution in [2.75, 3.05) is 5.75 Å². The average molecular weight is 296 g/mol. The van der Waals surface area contributed by atoms with Crippen molar-refractivity contribution in [3.05, 3.63) is 12.7 Å². The van der Waals surface area contributed by atoms with Crippen molar-refractivity contribution < 1.29 is 14.7 Å². The highest BCUT2D eigenvalue weighted by Gasteiger charge is 2.49. The van der Waals surface area contributed by atoms with Crippen LogP contribution >= 0.6 is 11.8 Å². The number of thioether (sulfide) groups is 1. The van der Waals surface area contributed by atoms with Gasteiger partial charge in [-0.25, -0.2) is 14.5 Å². The Morgan fingerprint density at radius 1 is 1.45 bits per heavy atom. The highest BCUT2D eigenvalue weighted by Crippen LogP contribution is 2.46. The van der Waals surface area contributed by atoms with Gasteiger partial charge in [-0.1, -0.05) is 0 Å². The smallest absolute Gasteiger partial charge is 0.327 e. The number of aromatic nitrogens is 3. The number of aliphatic carboxylic acids is 1. The van der Waals surface area contributed by atoms with Gasteiger partial charge >= 0.3 is 5.97 Å². The third-order valence-electron chi connectivity index (χ3n) is 3.79. The van der Waals surface area contributed by atoms with Crippen LogP contribution in [-0.4, -0.2) is 53.8 Å². The summed E-state index contributed by atoms with van der Waals surface area (Å²) in [5.74, 6) is -0.215. The van der Waals surface area contributed by atoms with E-state index < -0.39 is 18.1 Å². The number of hydrogen-bond acceptors (Lipinski definition) is 5. The van der Waals surface area contributed by atoms with Crippen molar-refractivity contribution in [3.63, 3.8) is 0 Å². The van der Waals surface area contributed by atoms with E-state index in [-0.39, 0.29) is 11.3 Å². The van der Waals surface area contributed by atoms with Gasteiger partial charge < -0.3 is 10.0 Å². The number of carboxylic acid groups (broad SMARTS) is 1. The molecule has 3 atom stereocenters. The molecule has 1 aromatic rings. The molecule has 7 nitrogen and oxygen atoms in total. The van der Waals surface area contributed by atoms with Gasteiger partial charge in [0.25, 0.3) is 0 Å². The highest BCUT2D eigenvalue weighted by molar-refractivity contribution is 8.00. The van der Waals surface area contributed by atoms with Gasteiger partial charge in [-0.05, 0) is 25.7 Å². The SMILES string of the molecule is CC(C(=O)N1C(C(=O)O)CSC1C1CC1)n1cncn1. The molecule has 3 unspecified atom stereocenters. The second kappa shape index (κ2) is 5.08. The normalized spacial score (nSPS) is 27.6. The number of hydrogen-bond donors (Lipinski definition) is 1. The third kappa shape index (κ3) is 2.28. The van der Waals surface area contributed by atoms with Crippen molar-refractivity contribution >= 4 is 23.6 Å². The Hall–Kier alpha value is -1.57. The number of rotatable bonds is 4. The minimum atomic E-state index is -0.931. The summed E-state index contributed by atoms with van der Waals surface area (Å²) in [4.78, 5) is 29.4. The molecule has 1 aliphatic carbocycles. The number of nitrogens with zero attached hydrogens (tertiary/aromatic N) is 4. The Morgan fingerprint density at radius 2 is 2.20 bits per heavy atom. The van der Waals surface area contributed by atoms with Crippen LogP contribution in [0.3, 0.4) is 0 Å². The van der Waals surface area contributed by atoms with Crippen LogP contribution in [0.15, 0.2) is 12.7 Å². The van der Waals surface area contributed by atoms with E-state index >= 15 is 0 Å². The third-order valence-corrected chi connectivity index (χ3v) is 5.25. The molecule has 1 aromatic heterocycles. The maximum atomic E-state index is 12.7. The zero-order chi connectivity index (χ0) is 14.3. The van der Waals surface area contributed by atoms with Crippen LogP contribution in [0, 0.1) is 5.92 Å². The summed E-state index contributed by atoms with van der Waals surface area (Å²) in [6, 6.07) is -1.26. The van der Waals surface area contributed by atoms with E-state index in [9.17, 15) is 14.7 Å². The van der Waals surface area contributed by atoms with Crippen LogP contribution in [0.1, 0.15) is 25.8 Å². The summed E-state index contributed by atoms with van der Waals surface area (Å²) in [5, 5.41) is 13.3. The van der Waals surface area contributed by atoms with Crippen LogP contribution in [0.2, 0.25) is 0 Å². The molecule has 0 bridgehead atoms. The van der Waals surface area contributed by atoms with Crippen LogP contribution in [-0.2, 0) is 9.59 Å². The van der Waals surface area contributed by atoms with Crippen LogP contribution in [0.5, 0.6) is 0 Å². The van der Waals surface area contributed by atoms with E-state index in [1.807, 2.05) is 0 Å². The van der Waals surface area contributed by atoms with Gasteiger partial charge in [0.15, 0.2) is 0 Å². The fraction of sp³-hybridized carbons (Fsp3) is 0.667. The second-order valence-corrected chi connectivity index (χ2v) is 6.36. The van der Waals surface area contributed by atoms with E-state index in [4.69, 9.17) is 0 Å². The van der Waals surface area contributed by atoms with Gasteiger partial charge in [-0.3, -0.25) is 4.79 Å². The lowest BCUT2D eigenvalue weighted by atomic mass is 10.2. The standard InChI is InChI=1S/C12H16N4O3S/c1-7(15-6-13-5-14-15)10(17)16-9(12(18)19)4-20-11(16)8-2-3-8/h5-9,11H,2-4H2,1H3,(H,18,19). The summed E-state index contributed by atoms with van der Waals surface area (Å²) in [6.45, 7) is 1.73. The van der Waals surface area contributed by atoms with Crippen LogP contribution in [0.4, 0.5) is 0 Å². The molecule has 1 N–H and O–H groups in total. The van der Waals surface area contributed by atoms with Gasteiger partial charge in [0.2, 0.25) is 5.91 Å². The molecule has 8 heteroatoms. The van der Waals surface area contributed by atoms with Crippen LogP contribution < -0.4 is 0 Å². The first kappa shape index (κ1) is 13.4. The molecule has 0 radical (unpaired) electrons. The first-order valence-electron chi connectivity index (χ1n) is 6.60. The molecule has 1 saturated heterocycles. The zero-order valence-electron chi connectivity index (χ0n) is 11.0. The Labute approximate surface area is 120 Å². The van der Waals surface area contributed by atoms with Crippen molar-refractivity contribution in [3.8, 4) is 0 Å². The molecule has 2 fully saturated rings. The van der Waals surface area contributed by atoms with Crippen molar-refractivity contribution in [2.45, 2.75) is 37.2 Å². The molecule has 108 valence electrons. The van der Waals surface area contributed by atoms with Crippen LogP contribution in [0.25, 0.3) is 0 Å². The summed E-state index contributed by atoms with van der Waals surface area (Å²) < 4.78 is 1.47. The van der Waals surface area contributed by atoms with E-state index in [2.05, 4.69) is 10.1 Å². The average Bonchev–Trinajstić information content (AvgIpc) is 2.96. The first-order valence-corrected chi connectivity index (χ1v) is 7.65. The quantitative estimate of drug-likeness (QED) is 0.875. The lowest BCUT2D eigenvalue weighted by molar-refractivity contribution is -0.150. The molecular weight excluding hydrogens is 280 g/mol. The fourth-order valence-corrected chi connectivity index (χ4v) is 4.13. The Kier molecular flexibility index (Phi) is 3.41. The van der Waals surface area contributed by atoms with Crippen molar-refractivity contribution in [2.24, 2.45) is 5.92 Å². The van der Waals surface area contributed by atoms with Gasteiger partial charge in [0.05, 0.1) is 5.37 Å². The summed E-state index contributed by atoms with van der Waals surface area (Å²) in [6.07, 6.45) is 5.00. The van der Waals surface area contributed by atoms with E-state index in [0.29, 0.717) is 11.7 Å². The molecule has 0 aromatic carbocycles. The van der Waals surface area contributed by atoms with E-state index in [1.165, 1.54) is 17.3 Å². The predicted octanol–water partition coefficient (Wildman–Crippen LogP) is 0.604. The molecule has 2 aliphatic rings. The predicted molar refractivity (Wildman–Crippen MR) is 72.0 cm³/mol. The number of amides is 1. The fourth-order valence-electron chi connectivity index (χ4n) is 2.49. The minimum absolute atomic E-state index is 0.00503. The van der Waals surface area contributed by atoms with Gasteiger partial charge in [0.1, 0.15) is 24.7 Å². The maximum Gasteiger partial charge on any atom is 0.327 e. The lowest BCUT2D eigenvalue weighted by Gasteiger charge is -2.29. The molecule has 1 aliphatic heterocycles. The van der Waals surface area contributed by atoms with Gasteiger partial charge in [0, 0.05) is 5.75 Å². The molecule has 20 heavy (non-hydrogen) atoms. The van der Waals surface area contributed by atoms with E-state index in [0.717, 1.165) is 12.8 Å². The number of carbonyl (C=O) groups excluding carboxylic acids is 1. The highest BCUT2D eigenvalue weighted by atomic mass is 32.2. The maximum absolute atomic E-state index is 12.7. The van der Waals surface area contributed by atoms with Crippen molar-refractivity contribution in [1.29, 1.82) is 0 Å². The lowest BCUT2D eigenvalue weighted by Crippen LogP contribution is -2.48. The summed E-state index contributed by atoms with van der Waals surface area (Å²) in [5.41, 5.74) is 0. The number of carboxylic acids is 1. The Bertz CT molecular complexity index is 517. The minimum Gasteiger partial charge on any atom is -0.480 e. The number of carbonyl (C=O) groups is 2. The molecule has 1 amide bonds. The molecular formula is C12H16N4O3S. The molecule has 2 heterocycles. The zero-order valence-corrected chi connectivity index (χ0v) is 11.9. The van der Waals surface area contributed by atoms with E-state index in [1.54, 1.807) is 23.6 Å². The Balaban J connectivity index is 1.83. The second-order valence-electron chi connectivity index (χ2n) is 5.21. The van der Waals surface area contributed by atoms with Crippen molar-refractivity contribution in [1.82, 2.24) is 19.7 Å². The monoisotopic (exact) mass is 296 g/mol.